The minimum Gasteiger partial charge on any atom is -0.379 e. The van der Waals surface area contributed by atoms with Gasteiger partial charge in [0.1, 0.15) is 0 Å². The van der Waals surface area contributed by atoms with Crippen LogP contribution in [-0.2, 0) is 9.47 Å². The molecule has 2 unspecified atom stereocenters. The molecule has 0 spiro atoms. The lowest BCUT2D eigenvalue weighted by atomic mass is 9.89. The van der Waals surface area contributed by atoms with Gasteiger partial charge in [-0.15, -0.1) is 24.0 Å². The first-order valence-corrected chi connectivity index (χ1v) is 8.76. The van der Waals surface area contributed by atoms with Crippen LogP contribution < -0.4 is 5.32 Å². The van der Waals surface area contributed by atoms with E-state index in [9.17, 15) is 0 Å². The van der Waals surface area contributed by atoms with Gasteiger partial charge in [-0.05, 0) is 11.8 Å². The van der Waals surface area contributed by atoms with Crippen molar-refractivity contribution >= 4 is 29.9 Å². The summed E-state index contributed by atoms with van der Waals surface area (Å²) in [5.41, 5.74) is 0.113. The highest BCUT2D eigenvalue weighted by molar-refractivity contribution is 14.0. The fourth-order valence-corrected chi connectivity index (χ4v) is 3.43. The summed E-state index contributed by atoms with van der Waals surface area (Å²) < 4.78 is 11.1. The van der Waals surface area contributed by atoms with E-state index in [1.807, 2.05) is 7.05 Å². The second-order valence-electron chi connectivity index (χ2n) is 7.56. The first-order valence-electron chi connectivity index (χ1n) is 8.76. The molecule has 2 heterocycles. The monoisotopic (exact) mass is 454 g/mol. The molecule has 6 nitrogen and oxygen atoms in total. The van der Waals surface area contributed by atoms with Crippen LogP contribution in [0.3, 0.4) is 0 Å². The van der Waals surface area contributed by atoms with E-state index in [2.05, 4.69) is 40.9 Å². The Labute approximate surface area is 164 Å². The van der Waals surface area contributed by atoms with E-state index in [1.165, 1.54) is 6.42 Å². The first kappa shape index (κ1) is 21.9. The highest BCUT2D eigenvalue weighted by Crippen LogP contribution is 2.21. The van der Waals surface area contributed by atoms with Gasteiger partial charge in [-0.2, -0.15) is 0 Å². The summed E-state index contributed by atoms with van der Waals surface area (Å²) in [6.45, 7) is 13.4. The third-order valence-electron chi connectivity index (χ3n) is 4.93. The lowest BCUT2D eigenvalue weighted by molar-refractivity contribution is 0.0185. The van der Waals surface area contributed by atoms with E-state index in [-0.39, 0.29) is 35.5 Å². The van der Waals surface area contributed by atoms with Crippen molar-refractivity contribution in [3.63, 3.8) is 0 Å². The summed E-state index contributed by atoms with van der Waals surface area (Å²) >= 11 is 0. The molecule has 7 heteroatoms. The van der Waals surface area contributed by atoms with Crippen molar-refractivity contribution in [2.24, 2.45) is 10.4 Å². The summed E-state index contributed by atoms with van der Waals surface area (Å²) in [5.74, 6) is 0.993. The number of ether oxygens (including phenoxy) is 2. The predicted molar refractivity (Wildman–Crippen MR) is 109 cm³/mol. The van der Waals surface area contributed by atoms with Crippen LogP contribution in [0.25, 0.3) is 0 Å². The summed E-state index contributed by atoms with van der Waals surface area (Å²) in [6.07, 6.45) is 1.37. The predicted octanol–water partition coefficient (Wildman–Crippen LogP) is 1.65. The van der Waals surface area contributed by atoms with Gasteiger partial charge in [0.2, 0.25) is 0 Å². The Balaban J connectivity index is 0.00000288. The molecule has 0 aromatic rings. The number of guanidine groups is 1. The number of nitrogens with one attached hydrogen (secondary N) is 1. The largest absolute Gasteiger partial charge is 0.379 e. The van der Waals surface area contributed by atoms with Crippen LogP contribution in [0.5, 0.6) is 0 Å². The second-order valence-corrected chi connectivity index (χ2v) is 7.56. The average Bonchev–Trinajstić information content (AvgIpc) is 3.01. The Morgan fingerprint density at radius 2 is 1.96 bits per heavy atom. The van der Waals surface area contributed by atoms with E-state index in [0.29, 0.717) is 6.04 Å². The van der Waals surface area contributed by atoms with E-state index in [0.717, 1.165) is 51.9 Å². The Morgan fingerprint density at radius 3 is 2.50 bits per heavy atom. The van der Waals surface area contributed by atoms with Crippen LogP contribution in [0.2, 0.25) is 0 Å². The number of hydrogen-bond donors (Lipinski definition) is 1. The topological polar surface area (TPSA) is 49.3 Å². The summed E-state index contributed by atoms with van der Waals surface area (Å²) in [6, 6.07) is 0.623. The molecular weight excluding hydrogens is 419 g/mol. The average molecular weight is 454 g/mol. The highest BCUT2D eigenvalue weighted by Gasteiger charge is 2.31. The van der Waals surface area contributed by atoms with Crippen molar-refractivity contribution in [1.82, 2.24) is 15.1 Å². The molecule has 0 aliphatic carbocycles. The molecule has 2 saturated heterocycles. The lowest BCUT2D eigenvalue weighted by Gasteiger charge is -2.33. The molecule has 1 N–H and O–H groups in total. The second kappa shape index (κ2) is 10.1. The molecule has 0 radical (unpaired) electrons. The maximum atomic E-state index is 5.63. The zero-order chi connectivity index (χ0) is 16.9. The van der Waals surface area contributed by atoms with Crippen molar-refractivity contribution in [2.75, 3.05) is 60.1 Å². The molecule has 2 rings (SSSR count). The fourth-order valence-electron chi connectivity index (χ4n) is 3.43. The number of likely N-dealkylation sites (tertiary alicyclic amines) is 1. The Bertz CT molecular complexity index is 395. The van der Waals surface area contributed by atoms with Gasteiger partial charge in [0.05, 0.1) is 19.3 Å². The maximum absolute atomic E-state index is 5.63. The number of methoxy groups -OCH3 is 1. The molecule has 0 bridgehead atoms. The molecule has 0 saturated carbocycles. The van der Waals surface area contributed by atoms with Gasteiger partial charge in [0.15, 0.2) is 5.96 Å². The van der Waals surface area contributed by atoms with Crippen molar-refractivity contribution in [2.45, 2.75) is 39.3 Å². The molecule has 2 atom stereocenters. The van der Waals surface area contributed by atoms with Crippen LogP contribution >= 0.6 is 24.0 Å². The summed E-state index contributed by atoms with van der Waals surface area (Å²) in [7, 11) is 3.65. The molecular formula is C17H35IN4O2. The van der Waals surface area contributed by atoms with E-state index < -0.39 is 0 Å². The summed E-state index contributed by atoms with van der Waals surface area (Å²) in [4.78, 5) is 9.40. The first-order chi connectivity index (χ1) is 11.0. The third kappa shape index (κ3) is 6.00. The van der Waals surface area contributed by atoms with Gasteiger partial charge in [-0.3, -0.25) is 9.89 Å². The number of halogens is 1. The number of nitrogens with zero attached hydrogens (tertiary/aromatic N) is 3. The molecule has 2 fully saturated rings. The van der Waals surface area contributed by atoms with Crippen molar-refractivity contribution in [3.8, 4) is 0 Å². The molecule has 2 aliphatic rings. The quantitative estimate of drug-likeness (QED) is 0.398. The van der Waals surface area contributed by atoms with Gasteiger partial charge >= 0.3 is 0 Å². The molecule has 0 aromatic carbocycles. The van der Waals surface area contributed by atoms with Crippen LogP contribution in [0.15, 0.2) is 4.99 Å². The van der Waals surface area contributed by atoms with E-state index in [4.69, 9.17) is 9.47 Å². The number of hydrogen-bond acceptors (Lipinski definition) is 4. The van der Waals surface area contributed by atoms with E-state index in [1.54, 1.807) is 7.11 Å². The Morgan fingerprint density at radius 1 is 1.29 bits per heavy atom. The van der Waals surface area contributed by atoms with Gasteiger partial charge in [-0.1, -0.05) is 20.8 Å². The molecule has 0 amide bonds. The van der Waals surface area contributed by atoms with Crippen molar-refractivity contribution < 1.29 is 9.47 Å². The number of rotatable bonds is 4. The van der Waals surface area contributed by atoms with E-state index >= 15 is 0 Å². The van der Waals surface area contributed by atoms with Crippen LogP contribution in [0.4, 0.5) is 0 Å². The smallest absolute Gasteiger partial charge is 0.193 e. The van der Waals surface area contributed by atoms with Crippen molar-refractivity contribution in [3.05, 3.63) is 0 Å². The maximum Gasteiger partial charge on any atom is 0.193 e. The lowest BCUT2D eigenvalue weighted by Crippen LogP contribution is -2.48. The summed E-state index contributed by atoms with van der Waals surface area (Å²) in [5, 5.41) is 3.50. The minimum absolute atomic E-state index is 0. The molecule has 24 heavy (non-hydrogen) atoms. The van der Waals surface area contributed by atoms with Gasteiger partial charge in [0.25, 0.3) is 0 Å². The highest BCUT2D eigenvalue weighted by atomic mass is 127. The fraction of sp³-hybridized carbons (Fsp3) is 0.941. The Hall–Kier alpha value is -0.120. The molecule has 2 aliphatic heterocycles. The SMILES string of the molecule is CN=C(NCC(OC)C(C)(C)C)N1CCC(N2CCOCC2)C1.I. The zero-order valence-corrected chi connectivity index (χ0v) is 18.2. The van der Waals surface area contributed by atoms with Gasteiger partial charge < -0.3 is 19.7 Å². The normalized spacial score (nSPS) is 24.6. The molecule has 142 valence electrons. The number of aliphatic imine (C=N–C) groups is 1. The minimum atomic E-state index is 0. The number of morpholine rings is 1. The van der Waals surface area contributed by atoms with Crippen LogP contribution in [0, 0.1) is 5.41 Å². The third-order valence-corrected chi connectivity index (χ3v) is 4.93. The van der Waals surface area contributed by atoms with Crippen molar-refractivity contribution in [1.29, 1.82) is 0 Å². The van der Waals surface area contributed by atoms with Gasteiger partial charge in [0, 0.05) is 52.9 Å². The van der Waals surface area contributed by atoms with Gasteiger partial charge in [-0.25, -0.2) is 0 Å². The van der Waals surface area contributed by atoms with Crippen LogP contribution in [0.1, 0.15) is 27.2 Å². The zero-order valence-electron chi connectivity index (χ0n) is 15.9. The van der Waals surface area contributed by atoms with Crippen LogP contribution in [-0.4, -0.2) is 88.0 Å². The Kier molecular flexibility index (Phi) is 9.25. The molecule has 0 aromatic heterocycles. The standard InChI is InChI=1S/C17H34N4O2.HI/c1-17(2,3)15(22-5)12-19-16(18-4)21-7-6-14(13-21)20-8-10-23-11-9-20;/h14-15H,6-13H2,1-5H3,(H,18,19);1H.